The molecule has 0 aliphatic heterocycles. The Bertz CT molecular complexity index is 206. The van der Waals surface area contributed by atoms with Crippen molar-refractivity contribution in [3.05, 3.63) is 17.7 Å². The second-order valence-electron chi connectivity index (χ2n) is 1.54. The van der Waals surface area contributed by atoms with E-state index in [-0.39, 0.29) is 12.3 Å². The number of H-pyrrole nitrogens is 1. The number of imidazole rings is 1. The molecule has 0 unspecified atom stereocenters. The second kappa shape index (κ2) is 2.41. The lowest BCUT2D eigenvalue weighted by Crippen LogP contribution is -1.89. The lowest BCUT2D eigenvalue weighted by Gasteiger charge is -1.85. The Hall–Kier alpha value is -1.16. The maximum absolute atomic E-state index is 10.1. The first kappa shape index (κ1) is 5.97. The molecule has 0 bridgehead atoms. The van der Waals surface area contributed by atoms with Crippen LogP contribution in [0.4, 0.5) is 0 Å². The minimum absolute atomic E-state index is 0.173. The number of aldehydes is 1. The SMILES string of the molecule is O=Cc1nc[nH]c1CO. The van der Waals surface area contributed by atoms with Crippen molar-refractivity contribution in [3.63, 3.8) is 0 Å². The van der Waals surface area contributed by atoms with Crippen molar-refractivity contribution in [1.82, 2.24) is 9.97 Å². The van der Waals surface area contributed by atoms with E-state index in [9.17, 15) is 4.79 Å². The summed E-state index contributed by atoms with van der Waals surface area (Å²) < 4.78 is 0. The smallest absolute Gasteiger partial charge is 0.170 e. The average molecular weight is 126 g/mol. The molecule has 48 valence electrons. The molecule has 0 saturated heterocycles. The summed E-state index contributed by atoms with van der Waals surface area (Å²) in [6.45, 7) is -0.173. The second-order valence-corrected chi connectivity index (χ2v) is 1.54. The normalized spacial score (nSPS) is 9.44. The molecule has 0 fully saturated rings. The van der Waals surface area contributed by atoms with Crippen LogP contribution in [-0.2, 0) is 6.61 Å². The van der Waals surface area contributed by atoms with E-state index >= 15 is 0 Å². The van der Waals surface area contributed by atoms with Crippen molar-refractivity contribution in [1.29, 1.82) is 0 Å². The Morgan fingerprint density at radius 2 is 2.67 bits per heavy atom. The number of aliphatic hydroxyl groups is 1. The molecule has 1 aromatic rings. The highest BCUT2D eigenvalue weighted by Gasteiger charge is 1.99. The Kier molecular flexibility index (Phi) is 1.60. The van der Waals surface area contributed by atoms with E-state index in [0.717, 1.165) is 0 Å². The first-order valence-corrected chi connectivity index (χ1v) is 2.46. The number of nitrogens with zero attached hydrogens (tertiary/aromatic N) is 1. The van der Waals surface area contributed by atoms with Crippen molar-refractivity contribution in [2.75, 3.05) is 0 Å². The molecule has 0 radical (unpaired) electrons. The molecule has 0 aliphatic carbocycles. The fourth-order valence-electron chi connectivity index (χ4n) is 0.560. The number of nitrogens with one attached hydrogen (secondary N) is 1. The van der Waals surface area contributed by atoms with Crippen molar-refractivity contribution in [2.45, 2.75) is 6.61 Å². The van der Waals surface area contributed by atoms with Gasteiger partial charge in [0.1, 0.15) is 5.69 Å². The topological polar surface area (TPSA) is 66.0 Å². The number of rotatable bonds is 2. The lowest BCUT2D eigenvalue weighted by atomic mass is 10.4. The van der Waals surface area contributed by atoms with Crippen LogP contribution in [0.15, 0.2) is 6.33 Å². The Labute approximate surface area is 51.5 Å². The van der Waals surface area contributed by atoms with E-state index in [1.807, 2.05) is 0 Å². The minimum atomic E-state index is -0.173. The Balaban J connectivity index is 2.98. The summed E-state index contributed by atoms with van der Waals surface area (Å²) in [4.78, 5) is 16.3. The van der Waals surface area contributed by atoms with Crippen LogP contribution < -0.4 is 0 Å². The van der Waals surface area contributed by atoms with Gasteiger partial charge in [-0.15, -0.1) is 0 Å². The molecule has 2 N–H and O–H groups in total. The molecule has 0 atom stereocenters. The molecule has 1 rings (SSSR count). The quantitative estimate of drug-likeness (QED) is 0.535. The van der Waals surface area contributed by atoms with Crippen LogP contribution in [0.25, 0.3) is 0 Å². The molecular formula is C5H6N2O2. The molecule has 4 heteroatoms. The highest BCUT2D eigenvalue weighted by molar-refractivity contribution is 5.73. The van der Waals surface area contributed by atoms with Gasteiger partial charge < -0.3 is 10.1 Å². The number of hydrogen-bond acceptors (Lipinski definition) is 3. The van der Waals surface area contributed by atoms with Gasteiger partial charge in [0.15, 0.2) is 6.29 Å². The molecule has 0 amide bonds. The number of carbonyl (C=O) groups is 1. The van der Waals surface area contributed by atoms with Crippen LogP contribution in [-0.4, -0.2) is 21.4 Å². The summed E-state index contributed by atoms with van der Waals surface area (Å²) in [5.74, 6) is 0. The number of aromatic nitrogens is 2. The fourth-order valence-corrected chi connectivity index (χ4v) is 0.560. The van der Waals surface area contributed by atoms with E-state index in [1.165, 1.54) is 6.33 Å². The van der Waals surface area contributed by atoms with Crippen LogP contribution >= 0.6 is 0 Å². The predicted molar refractivity (Wildman–Crippen MR) is 29.9 cm³/mol. The molecule has 4 nitrogen and oxygen atoms in total. The zero-order valence-electron chi connectivity index (χ0n) is 4.66. The molecular weight excluding hydrogens is 120 g/mol. The van der Waals surface area contributed by atoms with Gasteiger partial charge in [-0.1, -0.05) is 0 Å². The van der Waals surface area contributed by atoms with Crippen LogP contribution in [0.5, 0.6) is 0 Å². The van der Waals surface area contributed by atoms with Crippen molar-refractivity contribution >= 4 is 6.29 Å². The van der Waals surface area contributed by atoms with Gasteiger partial charge in [0, 0.05) is 0 Å². The Morgan fingerprint density at radius 1 is 1.89 bits per heavy atom. The maximum atomic E-state index is 10.1. The van der Waals surface area contributed by atoms with Crippen LogP contribution in [0.3, 0.4) is 0 Å². The van der Waals surface area contributed by atoms with Gasteiger partial charge in [0.2, 0.25) is 0 Å². The lowest BCUT2D eigenvalue weighted by molar-refractivity contribution is 0.111. The van der Waals surface area contributed by atoms with Crippen LogP contribution in [0.2, 0.25) is 0 Å². The summed E-state index contributed by atoms with van der Waals surface area (Å²) in [6, 6.07) is 0. The molecule has 9 heavy (non-hydrogen) atoms. The number of aromatic amines is 1. The minimum Gasteiger partial charge on any atom is -0.390 e. The largest absolute Gasteiger partial charge is 0.390 e. The molecule has 0 spiro atoms. The first-order valence-electron chi connectivity index (χ1n) is 2.46. The summed E-state index contributed by atoms with van der Waals surface area (Å²) in [7, 11) is 0. The van der Waals surface area contributed by atoms with Crippen molar-refractivity contribution in [3.8, 4) is 0 Å². The summed E-state index contributed by atoms with van der Waals surface area (Å²) in [6.07, 6.45) is 1.97. The van der Waals surface area contributed by atoms with Crippen molar-refractivity contribution < 1.29 is 9.90 Å². The third kappa shape index (κ3) is 0.972. The monoisotopic (exact) mass is 126 g/mol. The van der Waals surface area contributed by atoms with Gasteiger partial charge in [-0.3, -0.25) is 4.79 Å². The predicted octanol–water partition coefficient (Wildman–Crippen LogP) is -0.285. The van der Waals surface area contributed by atoms with Crippen molar-refractivity contribution in [2.24, 2.45) is 0 Å². The summed E-state index contributed by atoms with van der Waals surface area (Å²) in [5.41, 5.74) is 0.738. The highest BCUT2D eigenvalue weighted by Crippen LogP contribution is 1.96. The van der Waals surface area contributed by atoms with Crippen LogP contribution in [0.1, 0.15) is 16.2 Å². The Morgan fingerprint density at radius 3 is 3.11 bits per heavy atom. The fraction of sp³-hybridized carbons (Fsp3) is 0.200. The molecule has 1 heterocycles. The third-order valence-corrected chi connectivity index (χ3v) is 1.02. The van der Waals surface area contributed by atoms with Gasteiger partial charge in [-0.05, 0) is 0 Å². The van der Waals surface area contributed by atoms with E-state index in [0.29, 0.717) is 12.0 Å². The molecule has 0 saturated carbocycles. The van der Waals surface area contributed by atoms with Crippen LogP contribution in [0, 0.1) is 0 Å². The number of aliphatic hydroxyl groups excluding tert-OH is 1. The molecule has 1 aromatic heterocycles. The molecule has 0 aliphatic rings. The third-order valence-electron chi connectivity index (χ3n) is 1.02. The summed E-state index contributed by atoms with van der Waals surface area (Å²) in [5, 5.41) is 8.51. The highest BCUT2D eigenvalue weighted by atomic mass is 16.3. The van der Waals surface area contributed by atoms with Gasteiger partial charge >= 0.3 is 0 Å². The standard InChI is InChI=1S/C5H6N2O2/c8-1-4-5(2-9)7-3-6-4/h1,3,9H,2H2,(H,6,7). The van der Waals surface area contributed by atoms with E-state index in [1.54, 1.807) is 0 Å². The van der Waals surface area contributed by atoms with Gasteiger partial charge in [0.25, 0.3) is 0 Å². The van der Waals surface area contributed by atoms with E-state index in [2.05, 4.69) is 9.97 Å². The number of carbonyl (C=O) groups excluding carboxylic acids is 1. The first-order chi connectivity index (χ1) is 4.38. The van der Waals surface area contributed by atoms with E-state index in [4.69, 9.17) is 5.11 Å². The maximum Gasteiger partial charge on any atom is 0.170 e. The molecule has 0 aromatic carbocycles. The van der Waals surface area contributed by atoms with Gasteiger partial charge in [-0.25, -0.2) is 4.98 Å². The van der Waals surface area contributed by atoms with Gasteiger partial charge in [0.05, 0.1) is 18.6 Å². The van der Waals surface area contributed by atoms with Gasteiger partial charge in [-0.2, -0.15) is 0 Å². The van der Waals surface area contributed by atoms with E-state index < -0.39 is 0 Å². The average Bonchev–Trinajstić information content (AvgIpc) is 2.33. The zero-order chi connectivity index (χ0) is 6.69. The zero-order valence-corrected chi connectivity index (χ0v) is 4.66. The summed E-state index contributed by atoms with van der Waals surface area (Å²) >= 11 is 0. The number of hydrogen-bond donors (Lipinski definition) is 2.